The molecule has 6 heteroatoms. The lowest BCUT2D eigenvalue weighted by Gasteiger charge is -1.98. The van der Waals surface area contributed by atoms with Gasteiger partial charge >= 0.3 is 0 Å². The summed E-state index contributed by atoms with van der Waals surface area (Å²) in [5, 5.41) is 4.00. The number of nitrogens with zero attached hydrogens (tertiary/aromatic N) is 2. The second-order valence-corrected chi connectivity index (χ2v) is 6.36. The summed E-state index contributed by atoms with van der Waals surface area (Å²) >= 11 is 5.07. The van der Waals surface area contributed by atoms with Gasteiger partial charge in [0.05, 0.1) is 5.75 Å². The lowest BCUT2D eigenvalue weighted by molar-refractivity contribution is 0.425. The average Bonchev–Trinajstić information content (AvgIpc) is 2.94. The highest BCUT2D eigenvalue weighted by Crippen LogP contribution is 2.26. The lowest BCUT2D eigenvalue weighted by atomic mass is 10.2. The normalized spacial score (nSPS) is 10.7. The van der Waals surface area contributed by atoms with Crippen LogP contribution in [0.15, 0.2) is 62.4 Å². The van der Waals surface area contributed by atoms with Crippen LogP contribution in [0.3, 0.4) is 0 Å². The predicted octanol–water partition coefficient (Wildman–Crippen LogP) is 4.37. The molecule has 0 saturated heterocycles. The molecule has 3 rings (SSSR count). The minimum absolute atomic E-state index is 0.478. The first-order chi connectivity index (χ1) is 10.2. The van der Waals surface area contributed by atoms with E-state index in [1.54, 1.807) is 11.8 Å². The molecule has 1 heterocycles. The Kier molecular flexibility index (Phi) is 4.26. The van der Waals surface area contributed by atoms with Gasteiger partial charge in [0.25, 0.3) is 5.89 Å². The number of rotatable bonds is 4. The van der Waals surface area contributed by atoms with Crippen LogP contribution in [0.5, 0.6) is 0 Å². The smallest absolute Gasteiger partial charge is 0.258 e. The maximum atomic E-state index is 5.81. The minimum atomic E-state index is 0.478. The highest BCUT2D eigenvalue weighted by Gasteiger charge is 2.10. The molecule has 21 heavy (non-hydrogen) atoms. The van der Waals surface area contributed by atoms with Gasteiger partial charge in [0.15, 0.2) is 5.82 Å². The Morgan fingerprint density at radius 1 is 1.14 bits per heavy atom. The fraction of sp³-hybridized carbons (Fsp3) is 0.0667. The average molecular weight is 362 g/mol. The zero-order valence-electron chi connectivity index (χ0n) is 11.0. The standard InChI is InChI=1S/C15H12BrN3OS/c16-11-6-10(7-12(17)8-11)15-18-14(19-20-15)9-21-13-4-2-1-3-5-13/h1-8H,9,17H2. The number of nitrogen functional groups attached to an aromatic ring is 1. The number of halogens is 1. The first kappa shape index (κ1) is 14.2. The van der Waals surface area contributed by atoms with Gasteiger partial charge in [0.1, 0.15) is 0 Å². The van der Waals surface area contributed by atoms with Gasteiger partial charge in [0, 0.05) is 20.6 Å². The van der Waals surface area contributed by atoms with Gasteiger partial charge in [0.2, 0.25) is 0 Å². The van der Waals surface area contributed by atoms with Crippen LogP contribution in [0.4, 0.5) is 5.69 Å². The van der Waals surface area contributed by atoms with Gasteiger partial charge in [-0.05, 0) is 30.3 Å². The van der Waals surface area contributed by atoms with E-state index < -0.39 is 0 Å². The second kappa shape index (κ2) is 6.32. The van der Waals surface area contributed by atoms with E-state index in [-0.39, 0.29) is 0 Å². The van der Waals surface area contributed by atoms with Crippen molar-refractivity contribution in [2.45, 2.75) is 10.6 Å². The van der Waals surface area contributed by atoms with E-state index >= 15 is 0 Å². The lowest BCUT2D eigenvalue weighted by Crippen LogP contribution is -1.87. The topological polar surface area (TPSA) is 64.9 Å². The van der Waals surface area contributed by atoms with E-state index in [0.717, 1.165) is 10.0 Å². The van der Waals surface area contributed by atoms with E-state index in [1.165, 1.54) is 4.90 Å². The van der Waals surface area contributed by atoms with Crippen LogP contribution in [-0.4, -0.2) is 10.1 Å². The third kappa shape index (κ3) is 3.65. The molecule has 0 saturated carbocycles. The summed E-state index contributed by atoms with van der Waals surface area (Å²) < 4.78 is 6.18. The molecule has 0 aliphatic carbocycles. The molecule has 0 amide bonds. The van der Waals surface area contributed by atoms with E-state index in [2.05, 4.69) is 38.2 Å². The van der Waals surface area contributed by atoms with Crippen molar-refractivity contribution in [3.63, 3.8) is 0 Å². The van der Waals surface area contributed by atoms with Crippen LogP contribution in [0, 0.1) is 0 Å². The SMILES string of the molecule is Nc1cc(Br)cc(-c2nc(CSc3ccccc3)no2)c1. The zero-order chi connectivity index (χ0) is 14.7. The molecule has 106 valence electrons. The van der Waals surface area contributed by atoms with E-state index in [1.807, 2.05) is 36.4 Å². The quantitative estimate of drug-likeness (QED) is 0.551. The zero-order valence-corrected chi connectivity index (χ0v) is 13.4. The minimum Gasteiger partial charge on any atom is -0.399 e. The highest BCUT2D eigenvalue weighted by molar-refractivity contribution is 9.10. The molecule has 0 aliphatic heterocycles. The molecule has 2 N–H and O–H groups in total. The molecule has 0 unspecified atom stereocenters. The summed E-state index contributed by atoms with van der Waals surface area (Å²) in [6.07, 6.45) is 0. The maximum Gasteiger partial charge on any atom is 0.258 e. The Labute approximate surface area is 134 Å². The van der Waals surface area contributed by atoms with Crippen LogP contribution in [0.25, 0.3) is 11.5 Å². The molecule has 0 aliphatic rings. The van der Waals surface area contributed by atoms with Gasteiger partial charge in [-0.2, -0.15) is 4.98 Å². The van der Waals surface area contributed by atoms with Crippen molar-refractivity contribution < 1.29 is 4.52 Å². The van der Waals surface area contributed by atoms with Crippen LogP contribution >= 0.6 is 27.7 Å². The number of aromatic nitrogens is 2. The Hall–Kier alpha value is -1.79. The van der Waals surface area contributed by atoms with Crippen molar-refractivity contribution in [2.75, 3.05) is 5.73 Å². The number of nitrogens with two attached hydrogens (primary N) is 1. The monoisotopic (exact) mass is 361 g/mol. The molecule has 0 radical (unpaired) electrons. The van der Waals surface area contributed by atoms with Gasteiger partial charge in [-0.3, -0.25) is 0 Å². The van der Waals surface area contributed by atoms with Crippen molar-refractivity contribution in [2.24, 2.45) is 0 Å². The van der Waals surface area contributed by atoms with Crippen molar-refractivity contribution in [3.8, 4) is 11.5 Å². The van der Waals surface area contributed by atoms with Crippen LogP contribution in [0.1, 0.15) is 5.82 Å². The van der Waals surface area contributed by atoms with Gasteiger partial charge < -0.3 is 10.3 Å². The number of hydrogen-bond donors (Lipinski definition) is 1. The summed E-state index contributed by atoms with van der Waals surface area (Å²) in [4.78, 5) is 5.58. The van der Waals surface area contributed by atoms with E-state index in [0.29, 0.717) is 23.2 Å². The van der Waals surface area contributed by atoms with Crippen molar-refractivity contribution in [3.05, 3.63) is 58.8 Å². The van der Waals surface area contributed by atoms with Crippen LogP contribution < -0.4 is 5.73 Å². The third-order valence-electron chi connectivity index (χ3n) is 2.75. The van der Waals surface area contributed by atoms with Gasteiger partial charge in [-0.1, -0.05) is 39.3 Å². The predicted molar refractivity (Wildman–Crippen MR) is 87.8 cm³/mol. The fourth-order valence-corrected chi connectivity index (χ4v) is 3.10. The molecule has 0 bridgehead atoms. The summed E-state index contributed by atoms with van der Waals surface area (Å²) in [6.45, 7) is 0. The number of benzene rings is 2. The van der Waals surface area contributed by atoms with Crippen molar-refractivity contribution in [1.82, 2.24) is 10.1 Å². The van der Waals surface area contributed by atoms with Crippen molar-refractivity contribution in [1.29, 1.82) is 0 Å². The first-order valence-electron chi connectivity index (χ1n) is 6.27. The second-order valence-electron chi connectivity index (χ2n) is 4.39. The van der Waals surface area contributed by atoms with Crippen molar-refractivity contribution >= 4 is 33.4 Å². The number of hydrogen-bond acceptors (Lipinski definition) is 5. The number of thioether (sulfide) groups is 1. The summed E-state index contributed by atoms with van der Waals surface area (Å²) in [5.74, 6) is 1.81. The Balaban J connectivity index is 1.74. The highest BCUT2D eigenvalue weighted by atomic mass is 79.9. The molecular formula is C15H12BrN3OS. The first-order valence-corrected chi connectivity index (χ1v) is 8.05. The molecule has 3 aromatic rings. The summed E-state index contributed by atoms with van der Waals surface area (Å²) in [5.41, 5.74) is 7.28. The third-order valence-corrected chi connectivity index (χ3v) is 4.21. The molecule has 0 atom stereocenters. The Morgan fingerprint density at radius 3 is 2.71 bits per heavy atom. The Morgan fingerprint density at radius 2 is 1.95 bits per heavy atom. The van der Waals surface area contributed by atoms with Crippen LogP contribution in [0.2, 0.25) is 0 Å². The largest absolute Gasteiger partial charge is 0.399 e. The molecule has 0 spiro atoms. The van der Waals surface area contributed by atoms with E-state index in [4.69, 9.17) is 10.3 Å². The molecular weight excluding hydrogens is 350 g/mol. The van der Waals surface area contributed by atoms with Gasteiger partial charge in [-0.25, -0.2) is 0 Å². The molecule has 4 nitrogen and oxygen atoms in total. The molecule has 0 fully saturated rings. The fourth-order valence-electron chi connectivity index (χ4n) is 1.83. The Bertz CT molecular complexity index is 725. The molecule has 2 aromatic carbocycles. The number of anilines is 1. The molecule has 1 aromatic heterocycles. The van der Waals surface area contributed by atoms with E-state index in [9.17, 15) is 0 Å². The summed E-state index contributed by atoms with van der Waals surface area (Å²) in [7, 11) is 0. The summed E-state index contributed by atoms with van der Waals surface area (Å²) in [6, 6.07) is 15.7. The van der Waals surface area contributed by atoms with Crippen LogP contribution in [-0.2, 0) is 5.75 Å². The maximum absolute atomic E-state index is 5.81. The van der Waals surface area contributed by atoms with Gasteiger partial charge in [-0.15, -0.1) is 11.8 Å².